The van der Waals surface area contributed by atoms with E-state index in [4.69, 9.17) is 4.74 Å². The van der Waals surface area contributed by atoms with Gasteiger partial charge in [-0.05, 0) is 37.4 Å². The van der Waals surface area contributed by atoms with Gasteiger partial charge in [0.1, 0.15) is 11.9 Å². The fourth-order valence-electron chi connectivity index (χ4n) is 3.47. The van der Waals surface area contributed by atoms with Crippen molar-refractivity contribution in [2.45, 2.75) is 20.0 Å². The van der Waals surface area contributed by atoms with Crippen LogP contribution < -0.4 is 20.8 Å². The minimum atomic E-state index is -0.363. The fourth-order valence-corrected chi connectivity index (χ4v) is 4.66. The average molecular weight is 414 g/mol. The van der Waals surface area contributed by atoms with Gasteiger partial charge in [-0.1, -0.05) is 26.0 Å². The Hall–Kier alpha value is -2.48. The fraction of sp³-hybridized carbons (Fsp3) is 0.364. The number of carbonyl (C=O) groups is 1. The van der Waals surface area contributed by atoms with Crippen LogP contribution in [0.3, 0.4) is 0 Å². The average Bonchev–Trinajstić information content (AvgIpc) is 2.76. The summed E-state index contributed by atoms with van der Waals surface area (Å²) in [5.41, 5.74) is 0.872. The molecule has 1 heterocycles. The summed E-state index contributed by atoms with van der Waals surface area (Å²) in [5, 5.41) is 7.57. The minimum absolute atomic E-state index is 0.0255. The molecule has 0 fully saturated rings. The minimum Gasteiger partial charge on any atom is -0.497 e. The number of rotatable bonds is 10. The third kappa shape index (κ3) is 4.58. The SMILES string of the molecule is CCN(CC)CCNC(NC=O)c1cccc2c(=O)c3cc(OC)ccc3sc12. The number of benzene rings is 2. The molecule has 29 heavy (non-hydrogen) atoms. The quantitative estimate of drug-likeness (QED) is 0.304. The van der Waals surface area contributed by atoms with Gasteiger partial charge in [-0.15, -0.1) is 11.3 Å². The third-order valence-corrected chi connectivity index (χ3v) is 6.39. The van der Waals surface area contributed by atoms with E-state index in [1.54, 1.807) is 24.5 Å². The van der Waals surface area contributed by atoms with E-state index in [0.717, 1.165) is 41.1 Å². The Morgan fingerprint density at radius 1 is 1.17 bits per heavy atom. The van der Waals surface area contributed by atoms with Gasteiger partial charge < -0.3 is 15.0 Å². The van der Waals surface area contributed by atoms with Crippen molar-refractivity contribution in [3.63, 3.8) is 0 Å². The van der Waals surface area contributed by atoms with Gasteiger partial charge in [-0.25, -0.2) is 0 Å². The lowest BCUT2D eigenvalue weighted by Crippen LogP contribution is -2.39. The molecule has 2 N–H and O–H groups in total. The lowest BCUT2D eigenvalue weighted by Gasteiger charge is -2.23. The zero-order valence-corrected chi connectivity index (χ0v) is 17.8. The van der Waals surface area contributed by atoms with E-state index in [0.29, 0.717) is 22.9 Å². The van der Waals surface area contributed by atoms with E-state index in [1.165, 1.54) is 0 Å². The second-order valence-electron chi connectivity index (χ2n) is 6.72. The highest BCUT2D eigenvalue weighted by molar-refractivity contribution is 7.24. The highest BCUT2D eigenvalue weighted by atomic mass is 32.1. The van der Waals surface area contributed by atoms with Gasteiger partial charge in [0, 0.05) is 38.8 Å². The number of nitrogens with one attached hydrogen (secondary N) is 2. The largest absolute Gasteiger partial charge is 0.497 e. The van der Waals surface area contributed by atoms with Crippen LogP contribution >= 0.6 is 11.3 Å². The monoisotopic (exact) mass is 413 g/mol. The molecular formula is C22H27N3O3S. The van der Waals surface area contributed by atoms with E-state index in [1.807, 2.05) is 30.3 Å². The molecule has 1 aromatic heterocycles. The maximum absolute atomic E-state index is 13.1. The van der Waals surface area contributed by atoms with Crippen LogP contribution in [0.4, 0.5) is 0 Å². The summed E-state index contributed by atoms with van der Waals surface area (Å²) in [4.78, 5) is 26.7. The van der Waals surface area contributed by atoms with Crippen LogP contribution in [-0.2, 0) is 4.79 Å². The molecule has 0 bridgehead atoms. The van der Waals surface area contributed by atoms with Crippen LogP contribution in [0.5, 0.6) is 5.75 Å². The Morgan fingerprint density at radius 3 is 2.66 bits per heavy atom. The number of carbonyl (C=O) groups excluding carboxylic acids is 1. The Bertz CT molecular complexity index is 1050. The molecule has 1 unspecified atom stereocenters. The zero-order chi connectivity index (χ0) is 20.8. The van der Waals surface area contributed by atoms with Gasteiger partial charge in [0.25, 0.3) is 0 Å². The van der Waals surface area contributed by atoms with Crippen LogP contribution in [-0.4, -0.2) is 44.6 Å². The molecule has 2 aromatic carbocycles. The second-order valence-corrected chi connectivity index (χ2v) is 7.77. The maximum atomic E-state index is 13.1. The zero-order valence-electron chi connectivity index (χ0n) is 17.0. The number of methoxy groups -OCH3 is 1. The van der Waals surface area contributed by atoms with Crippen molar-refractivity contribution in [1.82, 2.24) is 15.5 Å². The number of ether oxygens (including phenoxy) is 1. The number of likely N-dealkylation sites (N-methyl/N-ethyl adjacent to an activating group) is 1. The Balaban J connectivity index is 2.02. The van der Waals surface area contributed by atoms with E-state index in [-0.39, 0.29) is 11.6 Å². The van der Waals surface area contributed by atoms with Crippen molar-refractivity contribution < 1.29 is 9.53 Å². The van der Waals surface area contributed by atoms with Crippen molar-refractivity contribution in [1.29, 1.82) is 0 Å². The molecule has 0 radical (unpaired) electrons. The van der Waals surface area contributed by atoms with Gasteiger partial charge >= 0.3 is 0 Å². The summed E-state index contributed by atoms with van der Waals surface area (Å²) < 4.78 is 7.04. The predicted molar refractivity (Wildman–Crippen MR) is 120 cm³/mol. The van der Waals surface area contributed by atoms with Crippen molar-refractivity contribution >= 4 is 37.9 Å². The first-order valence-electron chi connectivity index (χ1n) is 9.81. The first kappa shape index (κ1) is 21.2. The summed E-state index contributed by atoms with van der Waals surface area (Å²) >= 11 is 1.55. The van der Waals surface area contributed by atoms with Crippen LogP contribution in [0.15, 0.2) is 41.2 Å². The first-order chi connectivity index (χ1) is 14.1. The van der Waals surface area contributed by atoms with Gasteiger partial charge in [-0.2, -0.15) is 0 Å². The van der Waals surface area contributed by atoms with Crippen molar-refractivity contribution in [2.75, 3.05) is 33.3 Å². The van der Waals surface area contributed by atoms with Crippen LogP contribution in [0, 0.1) is 0 Å². The van der Waals surface area contributed by atoms with Crippen molar-refractivity contribution in [2.24, 2.45) is 0 Å². The van der Waals surface area contributed by atoms with Crippen LogP contribution in [0.1, 0.15) is 25.6 Å². The van der Waals surface area contributed by atoms with Gasteiger partial charge in [0.05, 0.1) is 7.11 Å². The van der Waals surface area contributed by atoms with Crippen molar-refractivity contribution in [3.05, 3.63) is 52.2 Å². The van der Waals surface area contributed by atoms with Gasteiger partial charge in [0.15, 0.2) is 5.43 Å². The third-order valence-electron chi connectivity index (χ3n) is 5.15. The Labute approximate surface area is 174 Å². The molecule has 7 heteroatoms. The molecule has 3 rings (SSSR count). The Kier molecular flexibility index (Phi) is 7.19. The highest BCUT2D eigenvalue weighted by Crippen LogP contribution is 2.31. The molecule has 3 aromatic rings. The van der Waals surface area contributed by atoms with E-state index in [2.05, 4.69) is 29.4 Å². The lowest BCUT2D eigenvalue weighted by molar-refractivity contribution is -0.110. The number of fused-ring (bicyclic) bond motifs is 2. The summed E-state index contributed by atoms with van der Waals surface area (Å²) in [5.74, 6) is 0.663. The molecule has 1 amide bonds. The smallest absolute Gasteiger partial charge is 0.208 e. The number of amides is 1. The molecule has 154 valence electrons. The summed E-state index contributed by atoms with van der Waals surface area (Å²) in [6.45, 7) is 7.83. The van der Waals surface area contributed by atoms with E-state index >= 15 is 0 Å². The second kappa shape index (κ2) is 9.82. The van der Waals surface area contributed by atoms with Gasteiger partial charge in [-0.3, -0.25) is 14.9 Å². The number of nitrogens with zero attached hydrogens (tertiary/aromatic N) is 1. The molecule has 1 atom stereocenters. The summed E-state index contributed by atoms with van der Waals surface area (Å²) in [7, 11) is 1.59. The lowest BCUT2D eigenvalue weighted by atomic mass is 10.1. The van der Waals surface area contributed by atoms with Crippen LogP contribution in [0.25, 0.3) is 20.2 Å². The van der Waals surface area contributed by atoms with E-state index < -0.39 is 0 Å². The predicted octanol–water partition coefficient (Wildman–Crippen LogP) is 3.10. The van der Waals surface area contributed by atoms with E-state index in [9.17, 15) is 9.59 Å². The standard InChI is InChI=1S/C22H27N3O3S/c1-4-25(5-2)12-11-23-22(24-14-26)17-8-6-7-16-20(27)18-13-15(28-3)9-10-19(18)29-21(16)17/h6-10,13-14,22-23H,4-5,11-12H2,1-3H3,(H,24,26). The summed E-state index contributed by atoms with van der Waals surface area (Å²) in [6.07, 6.45) is 0.334. The van der Waals surface area contributed by atoms with Crippen molar-refractivity contribution in [3.8, 4) is 5.75 Å². The molecular weight excluding hydrogens is 386 g/mol. The topological polar surface area (TPSA) is 70.7 Å². The molecule has 6 nitrogen and oxygen atoms in total. The Morgan fingerprint density at radius 2 is 1.97 bits per heavy atom. The maximum Gasteiger partial charge on any atom is 0.208 e. The molecule has 0 aliphatic carbocycles. The highest BCUT2D eigenvalue weighted by Gasteiger charge is 2.17. The normalized spacial score (nSPS) is 12.4. The molecule has 0 saturated heterocycles. The molecule has 0 spiro atoms. The molecule has 0 saturated carbocycles. The van der Waals surface area contributed by atoms with Crippen LogP contribution in [0.2, 0.25) is 0 Å². The first-order valence-corrected chi connectivity index (χ1v) is 10.6. The number of hydrogen-bond acceptors (Lipinski definition) is 6. The molecule has 0 aliphatic rings. The summed E-state index contributed by atoms with van der Waals surface area (Å²) in [6, 6.07) is 11.2. The molecule has 0 aliphatic heterocycles. The number of hydrogen-bond donors (Lipinski definition) is 2. The van der Waals surface area contributed by atoms with Gasteiger partial charge in [0.2, 0.25) is 6.41 Å².